The second kappa shape index (κ2) is 7.53. The molecule has 27 heavy (non-hydrogen) atoms. The van der Waals surface area contributed by atoms with Crippen LogP contribution in [0.2, 0.25) is 0 Å². The van der Waals surface area contributed by atoms with Crippen LogP contribution in [0.25, 0.3) is 0 Å². The van der Waals surface area contributed by atoms with Gasteiger partial charge in [-0.15, -0.1) is 0 Å². The molecule has 0 unspecified atom stereocenters. The van der Waals surface area contributed by atoms with Crippen molar-refractivity contribution >= 4 is 5.91 Å². The van der Waals surface area contributed by atoms with Gasteiger partial charge in [-0.05, 0) is 32.1 Å². The zero-order valence-electron chi connectivity index (χ0n) is 17.2. The molecule has 0 spiro atoms. The van der Waals surface area contributed by atoms with E-state index in [1.807, 2.05) is 13.8 Å². The Balaban J connectivity index is 1.80. The van der Waals surface area contributed by atoms with E-state index < -0.39 is 0 Å². The SMILES string of the molecule is COCCn1nc2c(c1C(=O)NCC1(CO)CC(C)(C)C1)C[C@H](C)O[C@@H]2C. The summed E-state index contributed by atoms with van der Waals surface area (Å²) in [7, 11) is 1.64. The van der Waals surface area contributed by atoms with Gasteiger partial charge in [0.15, 0.2) is 0 Å². The molecule has 2 heterocycles. The average Bonchev–Trinajstić information content (AvgIpc) is 2.94. The maximum Gasteiger partial charge on any atom is 0.269 e. The first kappa shape index (κ1) is 20.3. The van der Waals surface area contributed by atoms with Crippen molar-refractivity contribution in [1.29, 1.82) is 0 Å². The van der Waals surface area contributed by atoms with Crippen LogP contribution in [0.15, 0.2) is 0 Å². The second-order valence-electron chi connectivity index (χ2n) is 9.08. The van der Waals surface area contributed by atoms with E-state index in [2.05, 4.69) is 24.3 Å². The fourth-order valence-corrected chi connectivity index (χ4v) is 5.01. The van der Waals surface area contributed by atoms with E-state index in [1.165, 1.54) is 0 Å². The molecule has 1 aliphatic heterocycles. The van der Waals surface area contributed by atoms with Gasteiger partial charge in [-0.25, -0.2) is 0 Å². The Morgan fingerprint density at radius 1 is 1.41 bits per heavy atom. The highest BCUT2D eigenvalue weighted by molar-refractivity contribution is 5.94. The summed E-state index contributed by atoms with van der Waals surface area (Å²) in [4.78, 5) is 13.1. The Morgan fingerprint density at radius 2 is 2.11 bits per heavy atom. The number of methoxy groups -OCH3 is 1. The molecule has 0 bridgehead atoms. The molecule has 3 rings (SSSR count). The van der Waals surface area contributed by atoms with Crippen molar-refractivity contribution in [3.63, 3.8) is 0 Å². The van der Waals surface area contributed by atoms with Crippen LogP contribution >= 0.6 is 0 Å². The smallest absolute Gasteiger partial charge is 0.269 e. The lowest BCUT2D eigenvalue weighted by molar-refractivity contribution is -0.0520. The van der Waals surface area contributed by atoms with Gasteiger partial charge >= 0.3 is 0 Å². The highest BCUT2D eigenvalue weighted by Crippen LogP contribution is 2.53. The number of aliphatic hydroxyl groups excluding tert-OH is 1. The Kier molecular flexibility index (Phi) is 5.66. The van der Waals surface area contributed by atoms with Crippen LogP contribution in [-0.2, 0) is 22.4 Å². The minimum atomic E-state index is -0.208. The first-order valence-corrected chi connectivity index (χ1v) is 9.83. The van der Waals surface area contributed by atoms with Crippen molar-refractivity contribution in [2.24, 2.45) is 10.8 Å². The number of nitrogens with one attached hydrogen (secondary N) is 1. The lowest BCUT2D eigenvalue weighted by Crippen LogP contribution is -2.52. The largest absolute Gasteiger partial charge is 0.396 e. The van der Waals surface area contributed by atoms with Gasteiger partial charge in [-0.1, -0.05) is 13.8 Å². The molecule has 7 nitrogen and oxygen atoms in total. The van der Waals surface area contributed by atoms with Gasteiger partial charge in [0.25, 0.3) is 5.91 Å². The Morgan fingerprint density at radius 3 is 2.70 bits per heavy atom. The van der Waals surface area contributed by atoms with E-state index in [1.54, 1.807) is 11.8 Å². The van der Waals surface area contributed by atoms with E-state index in [0.29, 0.717) is 31.8 Å². The van der Waals surface area contributed by atoms with Crippen LogP contribution in [-0.4, -0.2) is 53.8 Å². The summed E-state index contributed by atoms with van der Waals surface area (Å²) in [5.74, 6) is -0.126. The molecule has 0 aromatic carbocycles. The maximum atomic E-state index is 13.1. The van der Waals surface area contributed by atoms with Crippen molar-refractivity contribution in [3.05, 3.63) is 17.0 Å². The molecular weight excluding hydrogens is 346 g/mol. The number of ether oxygens (including phenoxy) is 2. The summed E-state index contributed by atoms with van der Waals surface area (Å²) in [6.45, 7) is 9.97. The van der Waals surface area contributed by atoms with Crippen molar-refractivity contribution < 1.29 is 19.4 Å². The lowest BCUT2D eigenvalue weighted by Gasteiger charge is -2.52. The highest BCUT2D eigenvalue weighted by atomic mass is 16.5. The fraction of sp³-hybridized carbons (Fsp3) is 0.800. The second-order valence-corrected chi connectivity index (χ2v) is 9.08. The molecule has 2 N–H and O–H groups in total. The molecule has 1 aromatic rings. The predicted molar refractivity (Wildman–Crippen MR) is 102 cm³/mol. The summed E-state index contributed by atoms with van der Waals surface area (Å²) in [5, 5.41) is 17.6. The topological polar surface area (TPSA) is 85.6 Å². The molecule has 0 saturated heterocycles. The average molecular weight is 380 g/mol. The third-order valence-corrected chi connectivity index (χ3v) is 5.78. The zero-order chi connectivity index (χ0) is 19.8. The van der Waals surface area contributed by atoms with E-state index in [4.69, 9.17) is 9.47 Å². The summed E-state index contributed by atoms with van der Waals surface area (Å²) >= 11 is 0. The minimum Gasteiger partial charge on any atom is -0.396 e. The number of aliphatic hydroxyl groups is 1. The number of carbonyl (C=O) groups excluding carboxylic acids is 1. The molecule has 1 aromatic heterocycles. The number of aromatic nitrogens is 2. The molecule has 1 aliphatic carbocycles. The first-order chi connectivity index (χ1) is 12.7. The van der Waals surface area contributed by atoms with Crippen molar-refractivity contribution in [3.8, 4) is 0 Å². The molecule has 0 radical (unpaired) electrons. The number of fused-ring (bicyclic) bond motifs is 1. The highest BCUT2D eigenvalue weighted by Gasteiger charge is 2.48. The molecule has 2 atom stereocenters. The predicted octanol–water partition coefficient (Wildman–Crippen LogP) is 2.08. The lowest BCUT2D eigenvalue weighted by atomic mass is 9.54. The van der Waals surface area contributed by atoms with Crippen LogP contribution < -0.4 is 5.32 Å². The Bertz CT molecular complexity index is 690. The monoisotopic (exact) mass is 379 g/mol. The summed E-state index contributed by atoms with van der Waals surface area (Å²) in [6, 6.07) is 0. The van der Waals surface area contributed by atoms with Gasteiger partial charge in [-0.2, -0.15) is 5.10 Å². The van der Waals surface area contributed by atoms with E-state index in [-0.39, 0.29) is 35.6 Å². The zero-order valence-corrected chi connectivity index (χ0v) is 17.2. The molecule has 152 valence electrons. The van der Waals surface area contributed by atoms with Gasteiger partial charge < -0.3 is 19.9 Å². The van der Waals surface area contributed by atoms with Gasteiger partial charge in [-0.3, -0.25) is 9.48 Å². The normalized spacial score (nSPS) is 25.6. The molecule has 2 aliphatic rings. The van der Waals surface area contributed by atoms with Crippen LogP contribution in [0.3, 0.4) is 0 Å². The number of hydrogen-bond acceptors (Lipinski definition) is 5. The fourth-order valence-electron chi connectivity index (χ4n) is 5.01. The van der Waals surface area contributed by atoms with Crippen LogP contribution in [0.4, 0.5) is 0 Å². The molecule has 1 amide bonds. The third-order valence-electron chi connectivity index (χ3n) is 5.78. The quantitative estimate of drug-likeness (QED) is 0.758. The van der Waals surface area contributed by atoms with E-state index in [9.17, 15) is 9.90 Å². The summed E-state index contributed by atoms with van der Waals surface area (Å²) in [6.07, 6.45) is 2.43. The van der Waals surface area contributed by atoms with Gasteiger partial charge in [0, 0.05) is 31.1 Å². The maximum absolute atomic E-state index is 13.1. The van der Waals surface area contributed by atoms with Crippen molar-refractivity contribution in [2.45, 2.75) is 65.7 Å². The number of nitrogens with zero attached hydrogens (tertiary/aromatic N) is 2. The standard InChI is InChI=1S/C20H33N3O4/c1-13-8-15-16(14(2)27-13)22-23(6-7-26-5)17(15)18(25)21-11-20(12-24)9-19(3,4)10-20/h13-14,24H,6-12H2,1-5H3,(H,21,25)/t13-,14+/m0/s1. The van der Waals surface area contributed by atoms with E-state index >= 15 is 0 Å². The van der Waals surface area contributed by atoms with Crippen LogP contribution in [0.5, 0.6) is 0 Å². The number of rotatable bonds is 7. The summed E-state index contributed by atoms with van der Waals surface area (Å²) in [5.41, 5.74) is 2.45. The molecule has 7 heteroatoms. The van der Waals surface area contributed by atoms with Crippen LogP contribution in [0, 0.1) is 10.8 Å². The van der Waals surface area contributed by atoms with Crippen molar-refractivity contribution in [1.82, 2.24) is 15.1 Å². The Labute approximate surface area is 161 Å². The first-order valence-electron chi connectivity index (χ1n) is 9.83. The molecule has 1 fully saturated rings. The number of amides is 1. The Hall–Kier alpha value is -1.44. The van der Waals surface area contributed by atoms with Gasteiger partial charge in [0.2, 0.25) is 0 Å². The van der Waals surface area contributed by atoms with Gasteiger partial charge in [0.1, 0.15) is 5.69 Å². The van der Waals surface area contributed by atoms with Gasteiger partial charge in [0.05, 0.1) is 37.7 Å². The van der Waals surface area contributed by atoms with Crippen molar-refractivity contribution in [2.75, 3.05) is 26.9 Å². The minimum absolute atomic E-state index is 0.0512. The van der Waals surface area contributed by atoms with Crippen LogP contribution in [0.1, 0.15) is 68.4 Å². The van der Waals surface area contributed by atoms with E-state index in [0.717, 1.165) is 24.1 Å². The molecule has 1 saturated carbocycles. The third kappa shape index (κ3) is 4.05. The number of carbonyl (C=O) groups is 1. The molecular formula is C20H33N3O4. The number of hydrogen-bond donors (Lipinski definition) is 2. The summed E-state index contributed by atoms with van der Waals surface area (Å²) < 4.78 is 12.8.